The van der Waals surface area contributed by atoms with Gasteiger partial charge in [0.05, 0.1) is 6.54 Å². The normalized spacial score (nSPS) is 16.0. The predicted octanol–water partition coefficient (Wildman–Crippen LogP) is 3.30. The number of halogens is 1. The highest BCUT2D eigenvalue weighted by molar-refractivity contribution is 14.0. The summed E-state index contributed by atoms with van der Waals surface area (Å²) in [6.07, 6.45) is 2.37. The topological polar surface area (TPSA) is 42.9 Å². The molecule has 0 bridgehead atoms. The van der Waals surface area contributed by atoms with E-state index in [1.807, 2.05) is 0 Å². The van der Waals surface area contributed by atoms with Crippen LogP contribution in [0.3, 0.4) is 0 Å². The molecule has 0 spiro atoms. The van der Waals surface area contributed by atoms with Gasteiger partial charge in [0.15, 0.2) is 5.96 Å². The third-order valence-electron chi connectivity index (χ3n) is 4.93. The SMILES string of the molecule is CCCCNC(=NCc1ccc(CN2CCN(CC)CC2)cc1)NCC.I. The standard InChI is InChI=1S/C21H37N5.HI/c1-4-7-12-23-21(22-5-2)24-17-19-8-10-20(11-9-19)18-26-15-13-25(6-3)14-16-26;/h8-11H,4-7,12-18H2,1-3H3,(H2,22,23,24);1H. The summed E-state index contributed by atoms with van der Waals surface area (Å²) >= 11 is 0. The summed E-state index contributed by atoms with van der Waals surface area (Å²) < 4.78 is 0. The highest BCUT2D eigenvalue weighted by Crippen LogP contribution is 2.11. The van der Waals surface area contributed by atoms with Crippen LogP contribution < -0.4 is 10.6 Å². The largest absolute Gasteiger partial charge is 0.357 e. The van der Waals surface area contributed by atoms with Crippen LogP contribution >= 0.6 is 24.0 Å². The second-order valence-corrected chi connectivity index (χ2v) is 7.00. The minimum absolute atomic E-state index is 0. The van der Waals surface area contributed by atoms with Crippen LogP contribution in [0.15, 0.2) is 29.3 Å². The zero-order valence-electron chi connectivity index (χ0n) is 17.3. The van der Waals surface area contributed by atoms with Gasteiger partial charge in [-0.15, -0.1) is 24.0 Å². The van der Waals surface area contributed by atoms with Gasteiger partial charge < -0.3 is 15.5 Å². The molecule has 0 aromatic heterocycles. The third-order valence-corrected chi connectivity index (χ3v) is 4.93. The molecule has 1 aromatic rings. The molecule has 0 radical (unpaired) electrons. The molecule has 1 heterocycles. The summed E-state index contributed by atoms with van der Waals surface area (Å²) in [6, 6.07) is 8.95. The summed E-state index contributed by atoms with van der Waals surface area (Å²) in [4.78, 5) is 9.77. The van der Waals surface area contributed by atoms with E-state index in [0.717, 1.165) is 32.1 Å². The number of rotatable bonds is 9. The second-order valence-electron chi connectivity index (χ2n) is 7.00. The first-order valence-electron chi connectivity index (χ1n) is 10.3. The number of hydrogen-bond donors (Lipinski definition) is 2. The lowest BCUT2D eigenvalue weighted by molar-refractivity contribution is 0.132. The number of benzene rings is 1. The molecule has 0 atom stereocenters. The number of guanidine groups is 1. The summed E-state index contributed by atoms with van der Waals surface area (Å²) in [5.74, 6) is 0.916. The van der Waals surface area contributed by atoms with E-state index < -0.39 is 0 Å². The lowest BCUT2D eigenvalue weighted by Crippen LogP contribution is -2.45. The number of nitrogens with zero attached hydrogens (tertiary/aromatic N) is 3. The molecule has 1 aromatic carbocycles. The Balaban J connectivity index is 0.00000364. The van der Waals surface area contributed by atoms with Gasteiger partial charge in [-0.05, 0) is 31.0 Å². The fourth-order valence-corrected chi connectivity index (χ4v) is 3.17. The fraction of sp³-hybridized carbons (Fsp3) is 0.667. The van der Waals surface area contributed by atoms with Crippen molar-refractivity contribution in [2.45, 2.75) is 46.7 Å². The Hall–Kier alpha value is -0.860. The molecule has 0 saturated carbocycles. The van der Waals surface area contributed by atoms with E-state index in [1.165, 1.54) is 56.7 Å². The maximum absolute atomic E-state index is 4.70. The van der Waals surface area contributed by atoms with Gasteiger partial charge in [-0.1, -0.05) is 44.5 Å². The predicted molar refractivity (Wildman–Crippen MR) is 127 cm³/mol. The number of likely N-dealkylation sites (N-methyl/N-ethyl adjacent to an activating group) is 1. The van der Waals surface area contributed by atoms with Crippen LogP contribution in [0.1, 0.15) is 44.7 Å². The van der Waals surface area contributed by atoms with Gasteiger partial charge >= 0.3 is 0 Å². The Morgan fingerprint density at radius 2 is 1.56 bits per heavy atom. The van der Waals surface area contributed by atoms with Crippen molar-refractivity contribution < 1.29 is 0 Å². The molecule has 2 N–H and O–H groups in total. The first-order valence-corrected chi connectivity index (χ1v) is 10.3. The van der Waals surface area contributed by atoms with Crippen molar-refractivity contribution in [2.75, 3.05) is 45.8 Å². The Morgan fingerprint density at radius 1 is 0.926 bits per heavy atom. The van der Waals surface area contributed by atoms with E-state index in [-0.39, 0.29) is 24.0 Å². The van der Waals surface area contributed by atoms with Gasteiger partial charge in [0.1, 0.15) is 0 Å². The molecule has 0 amide bonds. The van der Waals surface area contributed by atoms with Crippen LogP contribution in [0, 0.1) is 0 Å². The number of nitrogens with one attached hydrogen (secondary N) is 2. The third kappa shape index (κ3) is 9.25. The van der Waals surface area contributed by atoms with E-state index >= 15 is 0 Å². The average Bonchev–Trinajstić information content (AvgIpc) is 2.68. The van der Waals surface area contributed by atoms with Gasteiger partial charge in [-0.2, -0.15) is 0 Å². The van der Waals surface area contributed by atoms with E-state index in [2.05, 4.69) is 65.5 Å². The van der Waals surface area contributed by atoms with Crippen LogP contribution in [-0.4, -0.2) is 61.6 Å². The molecule has 27 heavy (non-hydrogen) atoms. The molecule has 1 saturated heterocycles. The van der Waals surface area contributed by atoms with Crippen molar-refractivity contribution in [3.63, 3.8) is 0 Å². The molecule has 5 nitrogen and oxygen atoms in total. The molecular formula is C21H38IN5. The van der Waals surface area contributed by atoms with Crippen LogP contribution in [0.5, 0.6) is 0 Å². The molecule has 2 rings (SSSR count). The van der Waals surface area contributed by atoms with Crippen molar-refractivity contribution in [1.29, 1.82) is 0 Å². The molecule has 1 aliphatic rings. The van der Waals surface area contributed by atoms with E-state index in [1.54, 1.807) is 0 Å². The molecular weight excluding hydrogens is 449 g/mol. The molecule has 0 aliphatic carbocycles. The first-order chi connectivity index (χ1) is 12.7. The van der Waals surface area contributed by atoms with Crippen LogP contribution in [0.25, 0.3) is 0 Å². The molecule has 1 fully saturated rings. The van der Waals surface area contributed by atoms with E-state index in [0.29, 0.717) is 0 Å². The second kappa shape index (κ2) is 14.2. The van der Waals surface area contributed by atoms with Gasteiger partial charge in [-0.25, -0.2) is 4.99 Å². The quantitative estimate of drug-likeness (QED) is 0.243. The maximum Gasteiger partial charge on any atom is 0.191 e. The first kappa shape index (κ1) is 24.2. The molecule has 1 aliphatic heterocycles. The maximum atomic E-state index is 4.70. The fourth-order valence-electron chi connectivity index (χ4n) is 3.17. The van der Waals surface area contributed by atoms with Crippen molar-refractivity contribution in [2.24, 2.45) is 4.99 Å². The summed E-state index contributed by atoms with van der Waals surface area (Å²) in [6.45, 7) is 16.1. The average molecular weight is 487 g/mol. The Kier molecular flexibility index (Phi) is 12.7. The summed E-state index contributed by atoms with van der Waals surface area (Å²) in [5.41, 5.74) is 2.66. The molecule has 0 unspecified atom stereocenters. The van der Waals surface area contributed by atoms with Crippen molar-refractivity contribution in [3.8, 4) is 0 Å². The van der Waals surface area contributed by atoms with Crippen molar-refractivity contribution in [3.05, 3.63) is 35.4 Å². The van der Waals surface area contributed by atoms with Crippen LogP contribution in [0.2, 0.25) is 0 Å². The molecule has 6 heteroatoms. The van der Waals surface area contributed by atoms with Crippen molar-refractivity contribution >= 4 is 29.9 Å². The number of aliphatic imine (C=N–C) groups is 1. The van der Waals surface area contributed by atoms with Gasteiger partial charge in [0.2, 0.25) is 0 Å². The zero-order chi connectivity index (χ0) is 18.6. The summed E-state index contributed by atoms with van der Waals surface area (Å²) in [5, 5.41) is 6.71. The van der Waals surface area contributed by atoms with Gasteiger partial charge in [0, 0.05) is 45.8 Å². The highest BCUT2D eigenvalue weighted by Gasteiger charge is 2.15. The smallest absolute Gasteiger partial charge is 0.191 e. The number of piperazine rings is 1. The van der Waals surface area contributed by atoms with Gasteiger partial charge in [-0.3, -0.25) is 4.90 Å². The number of hydrogen-bond acceptors (Lipinski definition) is 3. The molecule has 154 valence electrons. The lowest BCUT2D eigenvalue weighted by Gasteiger charge is -2.34. The summed E-state index contributed by atoms with van der Waals surface area (Å²) in [7, 11) is 0. The lowest BCUT2D eigenvalue weighted by atomic mass is 10.1. The van der Waals surface area contributed by atoms with Crippen LogP contribution in [-0.2, 0) is 13.1 Å². The monoisotopic (exact) mass is 487 g/mol. The van der Waals surface area contributed by atoms with E-state index in [4.69, 9.17) is 4.99 Å². The van der Waals surface area contributed by atoms with E-state index in [9.17, 15) is 0 Å². The van der Waals surface area contributed by atoms with Crippen molar-refractivity contribution in [1.82, 2.24) is 20.4 Å². The minimum atomic E-state index is 0. The highest BCUT2D eigenvalue weighted by atomic mass is 127. The Bertz CT molecular complexity index is 524. The number of unbranched alkanes of at least 4 members (excludes halogenated alkanes) is 1. The Labute approximate surface area is 183 Å². The Morgan fingerprint density at radius 3 is 2.15 bits per heavy atom. The zero-order valence-corrected chi connectivity index (χ0v) is 19.7. The van der Waals surface area contributed by atoms with Crippen LogP contribution in [0.4, 0.5) is 0 Å². The van der Waals surface area contributed by atoms with Gasteiger partial charge in [0.25, 0.3) is 0 Å². The minimum Gasteiger partial charge on any atom is -0.357 e.